The smallest absolute Gasteiger partial charge is 0.252 e. The van der Waals surface area contributed by atoms with Gasteiger partial charge in [-0.15, -0.1) is 0 Å². The second kappa shape index (κ2) is 16.6. The van der Waals surface area contributed by atoms with Gasteiger partial charge in [0, 0.05) is 38.1 Å². The summed E-state index contributed by atoms with van der Waals surface area (Å²) in [5, 5.41) is 0. The van der Waals surface area contributed by atoms with Crippen LogP contribution in [0.15, 0.2) is 127 Å². The van der Waals surface area contributed by atoms with Crippen LogP contribution in [-0.2, 0) is 37.9 Å². The van der Waals surface area contributed by atoms with Crippen molar-refractivity contribution in [3.05, 3.63) is 172 Å². The summed E-state index contributed by atoms with van der Waals surface area (Å²) in [6.45, 7) is 37.4. The van der Waals surface area contributed by atoms with E-state index in [4.69, 9.17) is 0 Å². The maximum atomic E-state index is 9.32. The predicted octanol–water partition coefficient (Wildman–Crippen LogP) is 18.0. The average molecular weight is 978 g/mol. The number of fused-ring (bicyclic) bond motifs is 6. The highest BCUT2D eigenvalue weighted by molar-refractivity contribution is 7.00. The highest BCUT2D eigenvalue weighted by Gasteiger charge is 2.48. The van der Waals surface area contributed by atoms with Crippen molar-refractivity contribution in [1.82, 2.24) is 0 Å². The molecule has 2 aliphatic carbocycles. The van der Waals surface area contributed by atoms with E-state index >= 15 is 0 Å². The molecule has 2 nitrogen and oxygen atoms in total. The lowest BCUT2D eigenvalue weighted by Gasteiger charge is -2.48. The molecular weight excluding hydrogens is 892 g/mol. The summed E-state index contributed by atoms with van der Waals surface area (Å²) in [7, 11) is 0. The number of aryl methyl sites for hydroxylation is 1. The molecule has 0 atom stereocenters. The van der Waals surface area contributed by atoms with Crippen LogP contribution in [0.5, 0.6) is 0 Å². The Morgan fingerprint density at radius 2 is 0.905 bits per heavy atom. The molecule has 0 fully saturated rings. The molecule has 0 amide bonds. The normalized spacial score (nSPS) is 18.8. The maximum Gasteiger partial charge on any atom is 0.252 e. The van der Waals surface area contributed by atoms with Crippen molar-refractivity contribution in [3.63, 3.8) is 0 Å². The lowest BCUT2D eigenvalue weighted by atomic mass is 9.33. The van der Waals surface area contributed by atoms with Crippen molar-refractivity contribution in [1.29, 1.82) is 0 Å². The molecule has 0 bridgehead atoms. The zero-order chi connectivity index (χ0) is 55.5. The molecule has 0 spiro atoms. The van der Waals surface area contributed by atoms with Crippen molar-refractivity contribution in [2.75, 3.05) is 9.80 Å². The summed E-state index contributed by atoms with van der Waals surface area (Å²) in [5.41, 5.74) is 23.9. The third-order valence-electron chi connectivity index (χ3n) is 18.4. The van der Waals surface area contributed by atoms with Crippen LogP contribution >= 0.6 is 0 Å². The largest absolute Gasteiger partial charge is 0.311 e. The molecule has 2 heterocycles. The fourth-order valence-corrected chi connectivity index (χ4v) is 13.2. The Labute approximate surface area is 451 Å². The molecule has 11 rings (SSSR count). The first-order valence-corrected chi connectivity index (χ1v) is 27.8. The van der Waals surface area contributed by atoms with Crippen LogP contribution in [0.25, 0.3) is 22.3 Å². The minimum Gasteiger partial charge on any atom is -0.311 e. The lowest BCUT2D eigenvalue weighted by Crippen LogP contribution is -2.62. The number of hydrogen-bond donors (Lipinski definition) is 0. The maximum absolute atomic E-state index is 9.32. The first-order valence-electron chi connectivity index (χ1n) is 29.3. The van der Waals surface area contributed by atoms with Gasteiger partial charge in [0.15, 0.2) is 0 Å². The number of benzene rings is 7. The van der Waals surface area contributed by atoms with Crippen LogP contribution in [0.4, 0.5) is 34.1 Å². The molecule has 0 N–H and O–H groups in total. The van der Waals surface area contributed by atoms with E-state index in [0.717, 1.165) is 82.0 Å². The van der Waals surface area contributed by atoms with E-state index in [1.807, 2.05) is 12.1 Å². The molecule has 3 heteroatoms. The highest BCUT2D eigenvalue weighted by Crippen LogP contribution is 2.54. The van der Waals surface area contributed by atoms with Gasteiger partial charge in [0.05, 0.1) is 5.69 Å². The molecule has 0 saturated carbocycles. The van der Waals surface area contributed by atoms with E-state index in [1.165, 1.54) is 55.4 Å². The zero-order valence-corrected chi connectivity index (χ0v) is 47.9. The van der Waals surface area contributed by atoms with Gasteiger partial charge in [-0.3, -0.25) is 0 Å². The van der Waals surface area contributed by atoms with E-state index in [1.54, 1.807) is 0 Å². The molecular formula is C71H83BN2. The van der Waals surface area contributed by atoms with Gasteiger partial charge in [0.1, 0.15) is 0 Å². The molecule has 7 aromatic carbocycles. The first kappa shape index (κ1) is 46.7. The van der Waals surface area contributed by atoms with Gasteiger partial charge in [0.2, 0.25) is 0 Å². The van der Waals surface area contributed by atoms with Gasteiger partial charge in [-0.1, -0.05) is 190 Å². The summed E-state index contributed by atoms with van der Waals surface area (Å²) in [5.74, 6) is 0. The molecule has 380 valence electrons. The standard InChI is InChI=1S/C71H83BN2/c1-44-36-62-64-63(37-44)74(59-30-26-49(66(5,6)7)39-52(59)47-21-19-20-46(38-47)45-22-24-48(25-23-45)65(2,3)4)60-31-27-50(67(8,9)10)40-57(60)72(64)58-42-55-56(71(17,18)35-34-70(55,15)16)43-61(58)73(62)51-28-29-53-54(41-51)69(13,14)33-32-68(53,11)12/h19-31,36-43H,32-35H2,1-18H3/i1D3. The Balaban J connectivity index is 1.26. The van der Waals surface area contributed by atoms with Crippen LogP contribution in [0.2, 0.25) is 0 Å². The van der Waals surface area contributed by atoms with Crippen LogP contribution in [-0.4, -0.2) is 6.71 Å². The minimum absolute atomic E-state index is 0.0360. The molecule has 0 unspecified atom stereocenters. The van der Waals surface area contributed by atoms with Gasteiger partial charge < -0.3 is 9.80 Å². The fraction of sp³-hybridized carbons (Fsp3) is 0.408. The van der Waals surface area contributed by atoms with Crippen molar-refractivity contribution < 1.29 is 4.11 Å². The Morgan fingerprint density at radius 1 is 0.405 bits per heavy atom. The van der Waals surface area contributed by atoms with Gasteiger partial charge in [0.25, 0.3) is 6.71 Å². The number of rotatable bonds is 4. The SMILES string of the molecule is [2H]C([2H])([2H])c1cc2c3c(c1)N(c1ccc(C(C)(C)C)cc1-c1cccc(-c4ccc(C(C)(C)C)cc4)c1)c1ccc(C(C)(C)C)cc1B3c1cc3c(cc1N2c1ccc2c(c1)C(C)(C)CCC2(C)C)C(C)(C)CCC3(C)C. The summed E-state index contributed by atoms with van der Waals surface area (Å²) in [6.07, 6.45) is 4.43. The number of hydrogen-bond acceptors (Lipinski definition) is 2. The molecule has 4 aliphatic rings. The Hall–Kier alpha value is -5.80. The second-order valence-electron chi connectivity index (χ2n) is 28.7. The summed E-state index contributed by atoms with van der Waals surface area (Å²) in [4.78, 5) is 4.94. The van der Waals surface area contributed by atoms with E-state index in [0.29, 0.717) is 5.56 Å². The third kappa shape index (κ3) is 8.21. The molecule has 0 radical (unpaired) electrons. The van der Waals surface area contributed by atoms with E-state index < -0.39 is 6.85 Å². The van der Waals surface area contributed by atoms with Crippen LogP contribution in [0, 0.1) is 6.85 Å². The van der Waals surface area contributed by atoms with Gasteiger partial charge in [-0.05, 0) is 203 Å². The number of anilines is 6. The minimum atomic E-state index is -2.39. The van der Waals surface area contributed by atoms with Crippen LogP contribution in [0.3, 0.4) is 0 Å². The topological polar surface area (TPSA) is 6.48 Å². The molecule has 0 aromatic heterocycles. The number of nitrogens with zero attached hydrogens (tertiary/aromatic N) is 2. The van der Waals surface area contributed by atoms with Crippen LogP contribution < -0.4 is 26.2 Å². The zero-order valence-electron chi connectivity index (χ0n) is 50.9. The van der Waals surface area contributed by atoms with Crippen molar-refractivity contribution in [2.24, 2.45) is 0 Å². The quantitative estimate of drug-likeness (QED) is 0.162. The molecule has 74 heavy (non-hydrogen) atoms. The monoisotopic (exact) mass is 978 g/mol. The van der Waals surface area contributed by atoms with E-state index in [2.05, 4.69) is 243 Å². The Bertz CT molecular complexity index is 3530. The Kier molecular flexibility index (Phi) is 10.5. The first-order chi connectivity index (χ1) is 35.7. The Morgan fingerprint density at radius 3 is 1.50 bits per heavy atom. The van der Waals surface area contributed by atoms with Crippen molar-refractivity contribution >= 4 is 57.2 Å². The molecule has 2 aliphatic heterocycles. The second-order valence-corrected chi connectivity index (χ2v) is 28.7. The fourth-order valence-electron chi connectivity index (χ4n) is 13.2. The third-order valence-corrected chi connectivity index (χ3v) is 18.4. The molecule has 0 saturated heterocycles. The lowest BCUT2D eigenvalue weighted by molar-refractivity contribution is 0.332. The van der Waals surface area contributed by atoms with Crippen molar-refractivity contribution in [3.8, 4) is 22.3 Å². The predicted molar refractivity (Wildman–Crippen MR) is 323 cm³/mol. The highest BCUT2D eigenvalue weighted by atomic mass is 15.2. The van der Waals surface area contributed by atoms with Gasteiger partial charge in [-0.2, -0.15) is 0 Å². The van der Waals surface area contributed by atoms with Crippen molar-refractivity contribution in [2.45, 2.75) is 188 Å². The summed E-state index contributed by atoms with van der Waals surface area (Å²) in [6, 6.07) is 48.7. The summed E-state index contributed by atoms with van der Waals surface area (Å²) < 4.78 is 28.0. The van der Waals surface area contributed by atoms with E-state index in [-0.39, 0.29) is 44.6 Å². The van der Waals surface area contributed by atoms with Gasteiger partial charge in [-0.25, -0.2) is 0 Å². The molecule has 7 aromatic rings. The average Bonchev–Trinajstić information content (AvgIpc) is 3.47. The summed E-state index contributed by atoms with van der Waals surface area (Å²) >= 11 is 0. The van der Waals surface area contributed by atoms with Gasteiger partial charge >= 0.3 is 0 Å². The van der Waals surface area contributed by atoms with Crippen LogP contribution in [0.1, 0.15) is 192 Å². The van der Waals surface area contributed by atoms with E-state index in [9.17, 15) is 4.11 Å².